The molecule has 0 N–H and O–H groups in total. The molecule has 0 aliphatic rings. The maximum atomic E-state index is 13.6. The van der Waals surface area contributed by atoms with Gasteiger partial charge in [-0.05, 0) is 56.2 Å². The Bertz CT molecular complexity index is 821. The Morgan fingerprint density at radius 2 is 1.86 bits per heavy atom. The van der Waals surface area contributed by atoms with Crippen LogP contribution in [-0.4, -0.2) is 9.55 Å². The molecule has 0 saturated carbocycles. The summed E-state index contributed by atoms with van der Waals surface area (Å²) >= 11 is 6.26. The number of halogens is 2. The molecule has 3 aromatic rings. The molecule has 0 aliphatic heterocycles. The molecule has 1 atom stereocenters. The minimum absolute atomic E-state index is 0.262. The van der Waals surface area contributed by atoms with Crippen LogP contribution in [0.5, 0.6) is 0 Å². The Hall–Kier alpha value is -1.87. The van der Waals surface area contributed by atoms with Crippen molar-refractivity contribution in [1.29, 1.82) is 0 Å². The Kier molecular flexibility index (Phi) is 3.46. The first-order valence-corrected chi connectivity index (χ1v) is 7.30. The molecule has 4 heteroatoms. The Labute approximate surface area is 128 Å². The highest BCUT2D eigenvalue weighted by Crippen LogP contribution is 2.29. The van der Waals surface area contributed by atoms with Crippen molar-refractivity contribution in [3.8, 4) is 5.69 Å². The molecule has 0 spiro atoms. The predicted octanol–water partition coefficient (Wildman–Crippen LogP) is 5.08. The van der Waals surface area contributed by atoms with E-state index in [0.717, 1.165) is 22.5 Å². The fourth-order valence-electron chi connectivity index (χ4n) is 2.47. The van der Waals surface area contributed by atoms with Crippen LogP contribution in [0.15, 0.2) is 36.4 Å². The number of aryl methyl sites for hydroxylation is 2. The molecule has 21 heavy (non-hydrogen) atoms. The highest BCUT2D eigenvalue weighted by atomic mass is 35.5. The molecule has 0 aliphatic carbocycles. The van der Waals surface area contributed by atoms with Crippen LogP contribution in [0.3, 0.4) is 0 Å². The minimum atomic E-state index is -0.277. The standard InChI is InChI=1S/C17H16ClFN2/c1-10-4-6-14(8-11(10)2)21-16-9-13(19)5-7-15(16)20-17(21)12(3)18/h4-9,12H,1-3H3. The van der Waals surface area contributed by atoms with Gasteiger partial charge in [0, 0.05) is 11.8 Å². The van der Waals surface area contributed by atoms with Gasteiger partial charge < -0.3 is 0 Å². The fourth-order valence-corrected chi connectivity index (χ4v) is 2.62. The van der Waals surface area contributed by atoms with Gasteiger partial charge in [0.05, 0.1) is 16.4 Å². The monoisotopic (exact) mass is 302 g/mol. The zero-order valence-electron chi connectivity index (χ0n) is 12.2. The second-order valence-corrected chi connectivity index (χ2v) is 5.98. The third-order valence-corrected chi connectivity index (χ3v) is 3.94. The van der Waals surface area contributed by atoms with Crippen LogP contribution >= 0.6 is 11.6 Å². The van der Waals surface area contributed by atoms with E-state index in [1.165, 1.54) is 23.3 Å². The SMILES string of the molecule is Cc1ccc(-n2c(C(C)Cl)nc3ccc(F)cc32)cc1C. The molecular formula is C17H16ClFN2. The van der Waals surface area contributed by atoms with Gasteiger partial charge in [-0.25, -0.2) is 9.37 Å². The first-order valence-electron chi connectivity index (χ1n) is 6.87. The number of alkyl halides is 1. The second kappa shape index (κ2) is 5.15. The lowest BCUT2D eigenvalue weighted by molar-refractivity contribution is 0.629. The number of rotatable bonds is 2. The van der Waals surface area contributed by atoms with Gasteiger partial charge in [0.25, 0.3) is 0 Å². The van der Waals surface area contributed by atoms with Crippen molar-refractivity contribution in [2.75, 3.05) is 0 Å². The number of benzene rings is 2. The van der Waals surface area contributed by atoms with E-state index in [1.54, 1.807) is 6.07 Å². The van der Waals surface area contributed by atoms with Crippen LogP contribution < -0.4 is 0 Å². The van der Waals surface area contributed by atoms with Gasteiger partial charge in [-0.3, -0.25) is 4.57 Å². The van der Waals surface area contributed by atoms with Crippen LogP contribution in [0.4, 0.5) is 4.39 Å². The van der Waals surface area contributed by atoms with Gasteiger partial charge in [-0.1, -0.05) is 6.07 Å². The summed E-state index contributed by atoms with van der Waals surface area (Å²) in [4.78, 5) is 4.55. The average molecular weight is 303 g/mol. The molecule has 3 rings (SSSR count). The first-order chi connectivity index (χ1) is 9.97. The number of hydrogen-bond donors (Lipinski definition) is 0. The summed E-state index contributed by atoms with van der Waals surface area (Å²) in [6.07, 6.45) is 0. The molecule has 2 aromatic carbocycles. The smallest absolute Gasteiger partial charge is 0.132 e. The zero-order valence-corrected chi connectivity index (χ0v) is 12.9. The molecule has 1 aromatic heterocycles. The van der Waals surface area contributed by atoms with Crippen LogP contribution in [0.1, 0.15) is 29.3 Å². The molecule has 1 heterocycles. The summed E-state index contributed by atoms with van der Waals surface area (Å²) in [5.74, 6) is 0.446. The van der Waals surface area contributed by atoms with E-state index < -0.39 is 0 Å². The maximum Gasteiger partial charge on any atom is 0.132 e. The summed E-state index contributed by atoms with van der Waals surface area (Å²) < 4.78 is 15.5. The summed E-state index contributed by atoms with van der Waals surface area (Å²) in [7, 11) is 0. The van der Waals surface area contributed by atoms with E-state index in [9.17, 15) is 4.39 Å². The lowest BCUT2D eigenvalue weighted by Gasteiger charge is -2.12. The van der Waals surface area contributed by atoms with Gasteiger partial charge in [0.2, 0.25) is 0 Å². The molecule has 0 fully saturated rings. The predicted molar refractivity (Wildman–Crippen MR) is 84.8 cm³/mol. The van der Waals surface area contributed by atoms with Crippen LogP contribution in [0, 0.1) is 19.7 Å². The summed E-state index contributed by atoms with van der Waals surface area (Å²) in [5, 5.41) is -0.262. The Morgan fingerprint density at radius 3 is 2.52 bits per heavy atom. The lowest BCUT2D eigenvalue weighted by Crippen LogP contribution is -2.02. The highest BCUT2D eigenvalue weighted by Gasteiger charge is 2.17. The third kappa shape index (κ3) is 2.42. The van der Waals surface area contributed by atoms with Crippen molar-refractivity contribution < 1.29 is 4.39 Å². The number of imidazole rings is 1. The van der Waals surface area contributed by atoms with Gasteiger partial charge in [0.1, 0.15) is 11.6 Å². The highest BCUT2D eigenvalue weighted by molar-refractivity contribution is 6.20. The van der Waals surface area contributed by atoms with Crippen molar-refractivity contribution in [2.24, 2.45) is 0 Å². The molecule has 0 saturated heterocycles. The van der Waals surface area contributed by atoms with Crippen molar-refractivity contribution in [2.45, 2.75) is 26.1 Å². The summed E-state index contributed by atoms with van der Waals surface area (Å²) in [6.45, 7) is 5.99. The maximum absolute atomic E-state index is 13.6. The lowest BCUT2D eigenvalue weighted by atomic mass is 10.1. The second-order valence-electron chi connectivity index (χ2n) is 5.32. The van der Waals surface area contributed by atoms with E-state index in [1.807, 2.05) is 17.6 Å². The van der Waals surface area contributed by atoms with Gasteiger partial charge in [-0.2, -0.15) is 0 Å². The average Bonchev–Trinajstić information content (AvgIpc) is 2.80. The number of aromatic nitrogens is 2. The molecular weight excluding hydrogens is 287 g/mol. The van der Waals surface area contributed by atoms with E-state index in [0.29, 0.717) is 0 Å². The van der Waals surface area contributed by atoms with E-state index in [-0.39, 0.29) is 11.2 Å². The van der Waals surface area contributed by atoms with E-state index in [2.05, 4.69) is 31.0 Å². The topological polar surface area (TPSA) is 17.8 Å². The van der Waals surface area contributed by atoms with Crippen LogP contribution in [-0.2, 0) is 0 Å². The summed E-state index contributed by atoms with van der Waals surface area (Å²) in [6, 6.07) is 10.7. The van der Waals surface area contributed by atoms with Crippen molar-refractivity contribution >= 4 is 22.6 Å². The molecule has 0 amide bonds. The van der Waals surface area contributed by atoms with Crippen LogP contribution in [0.25, 0.3) is 16.7 Å². The van der Waals surface area contributed by atoms with Gasteiger partial charge in [0.15, 0.2) is 0 Å². The number of fused-ring (bicyclic) bond motifs is 1. The fraction of sp³-hybridized carbons (Fsp3) is 0.235. The zero-order chi connectivity index (χ0) is 15.1. The van der Waals surface area contributed by atoms with Gasteiger partial charge in [-0.15, -0.1) is 11.6 Å². The molecule has 2 nitrogen and oxygen atoms in total. The largest absolute Gasteiger partial charge is 0.295 e. The minimum Gasteiger partial charge on any atom is -0.295 e. The number of hydrogen-bond acceptors (Lipinski definition) is 1. The van der Waals surface area contributed by atoms with E-state index in [4.69, 9.17) is 11.6 Å². The Balaban J connectivity index is 2.35. The van der Waals surface area contributed by atoms with E-state index >= 15 is 0 Å². The molecule has 0 bridgehead atoms. The summed E-state index contributed by atoms with van der Waals surface area (Å²) in [5.41, 5.74) is 4.83. The normalized spacial score (nSPS) is 12.8. The Morgan fingerprint density at radius 1 is 1.10 bits per heavy atom. The third-order valence-electron chi connectivity index (χ3n) is 3.75. The van der Waals surface area contributed by atoms with Crippen molar-refractivity contribution in [3.63, 3.8) is 0 Å². The number of nitrogens with zero attached hydrogens (tertiary/aromatic N) is 2. The molecule has 0 radical (unpaired) electrons. The van der Waals surface area contributed by atoms with Gasteiger partial charge >= 0.3 is 0 Å². The first kappa shape index (κ1) is 14.1. The molecule has 1 unspecified atom stereocenters. The van der Waals surface area contributed by atoms with Crippen molar-refractivity contribution in [1.82, 2.24) is 9.55 Å². The van der Waals surface area contributed by atoms with Crippen LogP contribution in [0.2, 0.25) is 0 Å². The molecule has 108 valence electrons. The quantitative estimate of drug-likeness (QED) is 0.604. The van der Waals surface area contributed by atoms with Crippen molar-refractivity contribution in [3.05, 3.63) is 59.2 Å².